The van der Waals surface area contributed by atoms with Gasteiger partial charge in [-0.3, -0.25) is 14.5 Å². The molecule has 1 aliphatic heterocycles. The molecule has 4 aromatic rings. The molecule has 0 spiro atoms. The lowest BCUT2D eigenvalue weighted by atomic mass is 9.94. The average molecular weight is 541 g/mol. The molecular weight excluding hydrogens is 512 g/mol. The van der Waals surface area contributed by atoms with Crippen molar-refractivity contribution in [3.63, 3.8) is 0 Å². The fourth-order valence-electron chi connectivity index (χ4n) is 4.63. The first kappa shape index (κ1) is 26.2. The summed E-state index contributed by atoms with van der Waals surface area (Å²) in [5.74, 6) is -0.451. The number of aryl methyl sites for hydroxylation is 1. The summed E-state index contributed by atoms with van der Waals surface area (Å²) in [6.45, 7) is 5.61. The number of thiazole rings is 1. The van der Waals surface area contributed by atoms with Crippen LogP contribution < -0.4 is 14.4 Å². The number of Topliss-reactive ketones (excluding diaryl/α,β-unsaturated/α-hetero) is 1. The van der Waals surface area contributed by atoms with Crippen LogP contribution in [0.3, 0.4) is 0 Å². The molecule has 0 saturated heterocycles. The van der Waals surface area contributed by atoms with Crippen molar-refractivity contribution < 1.29 is 24.2 Å². The largest absolute Gasteiger partial charge is 0.503 e. The van der Waals surface area contributed by atoms with E-state index in [1.165, 1.54) is 16.2 Å². The lowest BCUT2D eigenvalue weighted by Crippen LogP contribution is -2.31. The minimum atomic E-state index is -0.879. The zero-order valence-electron chi connectivity index (χ0n) is 22.0. The number of methoxy groups -OCH3 is 1. The smallest absolute Gasteiger partial charge is 0.294 e. The van der Waals surface area contributed by atoms with Crippen molar-refractivity contribution in [3.8, 4) is 22.1 Å². The zero-order valence-corrected chi connectivity index (χ0v) is 22.9. The first-order chi connectivity index (χ1) is 18.8. The topological polar surface area (TPSA) is 89.0 Å². The third-order valence-electron chi connectivity index (χ3n) is 6.37. The van der Waals surface area contributed by atoms with E-state index in [0.29, 0.717) is 38.3 Å². The van der Waals surface area contributed by atoms with Crippen molar-refractivity contribution in [3.05, 3.63) is 106 Å². The molecule has 3 aromatic carbocycles. The summed E-state index contributed by atoms with van der Waals surface area (Å²) < 4.78 is 11.2. The number of aromatic nitrogens is 1. The van der Waals surface area contributed by atoms with E-state index in [1.54, 1.807) is 44.4 Å². The van der Waals surface area contributed by atoms with Crippen LogP contribution in [0.1, 0.15) is 40.8 Å². The van der Waals surface area contributed by atoms with E-state index < -0.39 is 23.5 Å². The van der Waals surface area contributed by atoms with Gasteiger partial charge in [-0.1, -0.05) is 42.5 Å². The second-order valence-electron chi connectivity index (χ2n) is 9.41. The third-order valence-corrected chi connectivity index (χ3v) is 7.58. The van der Waals surface area contributed by atoms with Crippen molar-refractivity contribution in [2.24, 2.45) is 0 Å². The monoisotopic (exact) mass is 540 g/mol. The number of carbonyl (C=O) groups is 2. The number of nitrogens with zero attached hydrogens (tertiary/aromatic N) is 2. The van der Waals surface area contributed by atoms with Gasteiger partial charge in [0.2, 0.25) is 5.78 Å². The highest BCUT2D eigenvalue weighted by molar-refractivity contribution is 7.17. The second-order valence-corrected chi connectivity index (χ2v) is 10.4. The first-order valence-electron chi connectivity index (χ1n) is 12.5. The van der Waals surface area contributed by atoms with E-state index in [-0.39, 0.29) is 11.7 Å². The van der Waals surface area contributed by atoms with Crippen molar-refractivity contribution in [1.29, 1.82) is 0 Å². The van der Waals surface area contributed by atoms with Gasteiger partial charge in [-0.15, -0.1) is 11.3 Å². The highest BCUT2D eigenvalue weighted by Crippen LogP contribution is 2.44. The number of ether oxygens (including phenoxy) is 2. The molecule has 1 atom stereocenters. The van der Waals surface area contributed by atoms with Crippen molar-refractivity contribution in [2.45, 2.75) is 32.9 Å². The van der Waals surface area contributed by atoms with Crippen LogP contribution in [-0.4, -0.2) is 35.0 Å². The van der Waals surface area contributed by atoms with Gasteiger partial charge in [0.1, 0.15) is 16.5 Å². The molecule has 0 fully saturated rings. The highest BCUT2D eigenvalue weighted by Gasteiger charge is 2.45. The summed E-state index contributed by atoms with van der Waals surface area (Å²) >= 11 is 1.24. The molecule has 7 nitrogen and oxygen atoms in total. The lowest BCUT2D eigenvalue weighted by molar-refractivity contribution is -0.117. The molecule has 1 N–H and O–H groups in total. The molecular formula is C31H28N2O5S. The van der Waals surface area contributed by atoms with Gasteiger partial charge < -0.3 is 14.6 Å². The van der Waals surface area contributed by atoms with Gasteiger partial charge in [0.25, 0.3) is 5.91 Å². The molecule has 1 aromatic heterocycles. The van der Waals surface area contributed by atoms with Gasteiger partial charge in [0.05, 0.1) is 35.4 Å². The van der Waals surface area contributed by atoms with E-state index in [1.807, 2.05) is 62.4 Å². The van der Waals surface area contributed by atoms with E-state index in [0.717, 1.165) is 5.56 Å². The Kier molecular flexibility index (Phi) is 7.21. The van der Waals surface area contributed by atoms with E-state index in [9.17, 15) is 14.7 Å². The molecule has 8 heteroatoms. The van der Waals surface area contributed by atoms with Crippen molar-refractivity contribution in [1.82, 2.24) is 4.98 Å². The minimum absolute atomic E-state index is 0.00359. The number of carbonyl (C=O) groups excluding carboxylic acids is 2. The van der Waals surface area contributed by atoms with Gasteiger partial charge in [-0.2, -0.15) is 0 Å². The number of rotatable bonds is 8. The van der Waals surface area contributed by atoms with Crippen molar-refractivity contribution in [2.75, 3.05) is 12.0 Å². The number of amides is 1. The maximum atomic E-state index is 14.1. The maximum Gasteiger partial charge on any atom is 0.294 e. The summed E-state index contributed by atoms with van der Waals surface area (Å²) in [5, 5.41) is 11.9. The summed E-state index contributed by atoms with van der Waals surface area (Å²) in [6.07, 6.45) is -0.0653. The van der Waals surface area contributed by atoms with Gasteiger partial charge >= 0.3 is 0 Å². The lowest BCUT2D eigenvalue weighted by Gasteiger charge is -2.27. The van der Waals surface area contributed by atoms with Crippen LogP contribution in [0.25, 0.3) is 10.6 Å². The predicted octanol–water partition coefficient (Wildman–Crippen LogP) is 6.70. The number of aliphatic hydroxyl groups is 1. The summed E-state index contributed by atoms with van der Waals surface area (Å²) in [7, 11) is 1.56. The van der Waals surface area contributed by atoms with Gasteiger partial charge in [0, 0.05) is 11.3 Å². The van der Waals surface area contributed by atoms with Crippen molar-refractivity contribution >= 4 is 28.7 Å². The summed E-state index contributed by atoms with van der Waals surface area (Å²) in [4.78, 5) is 34.1. The summed E-state index contributed by atoms with van der Waals surface area (Å²) in [6, 6.07) is 22.9. The molecule has 5 rings (SSSR count). The Bertz CT molecular complexity index is 1560. The first-order valence-corrected chi connectivity index (χ1v) is 13.3. The number of benzene rings is 3. The second kappa shape index (κ2) is 10.7. The zero-order chi connectivity index (χ0) is 27.7. The quantitative estimate of drug-likeness (QED) is 0.250. The van der Waals surface area contributed by atoms with Crippen LogP contribution in [0.15, 0.2) is 90.2 Å². The Labute approximate surface area is 231 Å². The predicted molar refractivity (Wildman–Crippen MR) is 152 cm³/mol. The fraction of sp³-hybridized carbons (Fsp3) is 0.194. The Hall–Kier alpha value is -4.43. The van der Waals surface area contributed by atoms with Gasteiger partial charge in [0.15, 0.2) is 5.76 Å². The van der Waals surface area contributed by atoms with Crippen LogP contribution in [-0.2, 0) is 4.79 Å². The van der Waals surface area contributed by atoms with E-state index in [2.05, 4.69) is 4.98 Å². The molecule has 1 aliphatic rings. The van der Waals surface area contributed by atoms with Gasteiger partial charge in [-0.25, -0.2) is 4.98 Å². The summed E-state index contributed by atoms with van der Waals surface area (Å²) in [5.41, 5.74) is 2.58. The fourth-order valence-corrected chi connectivity index (χ4v) is 5.65. The van der Waals surface area contributed by atoms with E-state index in [4.69, 9.17) is 9.47 Å². The number of anilines is 1. The molecule has 1 amide bonds. The number of hydrogen-bond acceptors (Lipinski definition) is 7. The molecule has 0 saturated carbocycles. The SMILES string of the molecule is COc1ccc(N2C(=O)C(O)=C(C(=O)c3sc(-c4ccccc4)nc3C)C2c2cccc(OC(C)C)c2)cc1. The molecule has 0 bridgehead atoms. The molecule has 198 valence electrons. The van der Waals surface area contributed by atoms with Crippen LogP contribution in [0.2, 0.25) is 0 Å². The normalized spacial score (nSPS) is 15.3. The molecule has 1 unspecified atom stereocenters. The Morgan fingerprint density at radius 1 is 1.00 bits per heavy atom. The molecule has 0 radical (unpaired) electrons. The number of ketones is 1. The highest BCUT2D eigenvalue weighted by atomic mass is 32.1. The standard InChI is InChI=1S/C31H28N2O5S/c1-18(2)38-24-12-8-11-21(17-24)26-25(28(35)31(36)33(26)22-13-15-23(37-4)16-14-22)27(34)29-19(3)32-30(39-29)20-9-6-5-7-10-20/h5-18,26,35H,1-4H3. The number of aliphatic hydroxyl groups excluding tert-OH is 1. The van der Waals surface area contributed by atoms with Crippen LogP contribution in [0.5, 0.6) is 11.5 Å². The third kappa shape index (κ3) is 5.03. The molecule has 2 heterocycles. The van der Waals surface area contributed by atoms with Gasteiger partial charge in [-0.05, 0) is 62.7 Å². The molecule has 39 heavy (non-hydrogen) atoms. The van der Waals surface area contributed by atoms with Crippen LogP contribution >= 0.6 is 11.3 Å². The average Bonchev–Trinajstić information content (AvgIpc) is 3.46. The Balaban J connectivity index is 1.63. The Morgan fingerprint density at radius 3 is 2.38 bits per heavy atom. The Morgan fingerprint density at radius 2 is 1.72 bits per heavy atom. The van der Waals surface area contributed by atoms with Crippen LogP contribution in [0.4, 0.5) is 5.69 Å². The minimum Gasteiger partial charge on any atom is -0.503 e. The van der Waals surface area contributed by atoms with E-state index >= 15 is 0 Å². The molecule has 0 aliphatic carbocycles. The maximum absolute atomic E-state index is 14.1. The van der Waals surface area contributed by atoms with Crippen LogP contribution in [0, 0.1) is 6.92 Å². The number of hydrogen-bond donors (Lipinski definition) is 1.